The van der Waals surface area contributed by atoms with Crippen molar-refractivity contribution in [3.63, 3.8) is 0 Å². The lowest BCUT2D eigenvalue weighted by Crippen LogP contribution is -2.41. The second-order valence-corrected chi connectivity index (χ2v) is 6.37. The Morgan fingerprint density at radius 2 is 1.81 bits per heavy atom. The average molecular weight is 291 g/mol. The summed E-state index contributed by atoms with van der Waals surface area (Å²) in [5, 5.41) is 0. The molecule has 2 rings (SSSR count). The average Bonchev–Trinajstić information content (AvgIpc) is 2.56. The van der Waals surface area contributed by atoms with Gasteiger partial charge in [-0.05, 0) is 51.7 Å². The lowest BCUT2D eigenvalue weighted by Gasteiger charge is -2.32. The highest BCUT2D eigenvalue weighted by Gasteiger charge is 2.51. The van der Waals surface area contributed by atoms with Crippen LogP contribution in [0.1, 0.15) is 33.3 Å². The number of rotatable bonds is 4. The Hall–Kier alpha value is -1.53. The SMILES string of the molecule is Cc1cc(B2OC(C)(C)C(C)(C)O2)ccc1OCC(N)=O. The quantitative estimate of drug-likeness (QED) is 0.845. The highest BCUT2D eigenvalue weighted by Crippen LogP contribution is 2.36. The fraction of sp³-hybridized carbons (Fsp3) is 0.533. The molecule has 0 spiro atoms. The van der Waals surface area contributed by atoms with Gasteiger partial charge in [0.15, 0.2) is 6.61 Å². The lowest BCUT2D eigenvalue weighted by molar-refractivity contribution is -0.119. The zero-order valence-corrected chi connectivity index (χ0v) is 13.2. The van der Waals surface area contributed by atoms with Crippen LogP contribution in [0.25, 0.3) is 0 Å². The predicted molar refractivity (Wildman–Crippen MR) is 81.6 cm³/mol. The van der Waals surface area contributed by atoms with Crippen LogP contribution < -0.4 is 15.9 Å². The molecule has 1 aliphatic heterocycles. The van der Waals surface area contributed by atoms with Crippen LogP contribution in [0.3, 0.4) is 0 Å². The first-order chi connectivity index (χ1) is 9.62. The molecular weight excluding hydrogens is 269 g/mol. The minimum atomic E-state index is -0.496. The second kappa shape index (κ2) is 5.35. The number of hydrogen-bond acceptors (Lipinski definition) is 4. The first-order valence-corrected chi connectivity index (χ1v) is 7.00. The second-order valence-electron chi connectivity index (χ2n) is 6.37. The predicted octanol–water partition coefficient (Wildman–Crippen LogP) is 1.16. The first-order valence-electron chi connectivity index (χ1n) is 7.00. The molecule has 1 aliphatic rings. The van der Waals surface area contributed by atoms with Gasteiger partial charge in [-0.15, -0.1) is 0 Å². The molecule has 1 aromatic rings. The van der Waals surface area contributed by atoms with Gasteiger partial charge >= 0.3 is 7.12 Å². The molecule has 0 saturated carbocycles. The van der Waals surface area contributed by atoms with Crippen molar-refractivity contribution in [3.8, 4) is 5.75 Å². The van der Waals surface area contributed by atoms with Crippen molar-refractivity contribution in [2.45, 2.75) is 45.8 Å². The molecule has 0 bridgehead atoms. The highest BCUT2D eigenvalue weighted by molar-refractivity contribution is 6.62. The van der Waals surface area contributed by atoms with Crippen molar-refractivity contribution in [1.82, 2.24) is 0 Å². The monoisotopic (exact) mass is 291 g/mol. The molecule has 6 heteroatoms. The van der Waals surface area contributed by atoms with Crippen molar-refractivity contribution in [2.24, 2.45) is 5.73 Å². The Balaban J connectivity index is 2.16. The maximum Gasteiger partial charge on any atom is 0.494 e. The molecule has 5 nitrogen and oxygen atoms in total. The molecule has 1 aromatic carbocycles. The van der Waals surface area contributed by atoms with Crippen molar-refractivity contribution in [1.29, 1.82) is 0 Å². The fourth-order valence-electron chi connectivity index (χ4n) is 2.11. The molecule has 114 valence electrons. The summed E-state index contributed by atoms with van der Waals surface area (Å²) in [7, 11) is -0.404. The van der Waals surface area contributed by atoms with E-state index in [1.165, 1.54) is 0 Å². The van der Waals surface area contributed by atoms with E-state index in [0.29, 0.717) is 5.75 Å². The third kappa shape index (κ3) is 3.22. The van der Waals surface area contributed by atoms with Crippen LogP contribution in [0.2, 0.25) is 0 Å². The molecule has 1 fully saturated rings. The van der Waals surface area contributed by atoms with Gasteiger partial charge in [0.2, 0.25) is 0 Å². The van der Waals surface area contributed by atoms with Crippen molar-refractivity contribution >= 4 is 18.5 Å². The number of amides is 1. The third-order valence-electron chi connectivity index (χ3n) is 4.09. The molecule has 0 aromatic heterocycles. The third-order valence-corrected chi connectivity index (χ3v) is 4.09. The number of carbonyl (C=O) groups excluding carboxylic acids is 1. The summed E-state index contributed by atoms with van der Waals surface area (Å²) in [6, 6.07) is 5.63. The maximum atomic E-state index is 10.8. The number of nitrogens with two attached hydrogens (primary N) is 1. The van der Waals surface area contributed by atoms with Crippen LogP contribution in [-0.4, -0.2) is 30.8 Å². The van der Waals surface area contributed by atoms with Gasteiger partial charge in [-0.2, -0.15) is 0 Å². The number of primary amides is 1. The Kier molecular flexibility index (Phi) is 4.04. The number of benzene rings is 1. The van der Waals surface area contributed by atoms with E-state index in [2.05, 4.69) is 0 Å². The summed E-state index contributed by atoms with van der Waals surface area (Å²) in [6.45, 7) is 9.85. The van der Waals surface area contributed by atoms with Gasteiger partial charge in [0.1, 0.15) is 5.75 Å². The Bertz CT molecular complexity index is 541. The topological polar surface area (TPSA) is 70.8 Å². The van der Waals surface area contributed by atoms with E-state index in [1.54, 1.807) is 6.07 Å². The van der Waals surface area contributed by atoms with Gasteiger partial charge in [-0.1, -0.05) is 12.1 Å². The van der Waals surface area contributed by atoms with Gasteiger partial charge in [-0.25, -0.2) is 0 Å². The standard InChI is InChI=1S/C15H22BNO4/c1-10-8-11(6-7-12(10)19-9-13(17)18)16-20-14(2,3)15(4,5)21-16/h6-8H,9H2,1-5H3,(H2,17,18). The molecule has 0 atom stereocenters. The smallest absolute Gasteiger partial charge is 0.484 e. The molecule has 1 saturated heterocycles. The number of aryl methyl sites for hydroxylation is 1. The fourth-order valence-corrected chi connectivity index (χ4v) is 2.11. The summed E-state index contributed by atoms with van der Waals surface area (Å²) < 4.78 is 17.4. The van der Waals surface area contributed by atoms with Gasteiger partial charge < -0.3 is 19.8 Å². The molecular formula is C15H22BNO4. The van der Waals surface area contributed by atoms with Gasteiger partial charge in [-0.3, -0.25) is 4.79 Å². The molecule has 2 N–H and O–H groups in total. The van der Waals surface area contributed by atoms with Crippen molar-refractivity contribution < 1.29 is 18.8 Å². The zero-order chi connectivity index (χ0) is 15.8. The largest absolute Gasteiger partial charge is 0.494 e. The molecule has 0 radical (unpaired) electrons. The van der Waals surface area contributed by atoms with E-state index in [4.69, 9.17) is 19.8 Å². The minimum absolute atomic E-state index is 0.128. The molecule has 1 heterocycles. The van der Waals surface area contributed by atoms with E-state index in [-0.39, 0.29) is 17.8 Å². The van der Waals surface area contributed by atoms with E-state index in [0.717, 1.165) is 11.0 Å². The van der Waals surface area contributed by atoms with E-state index >= 15 is 0 Å². The van der Waals surface area contributed by atoms with Crippen LogP contribution in [-0.2, 0) is 14.1 Å². The van der Waals surface area contributed by atoms with Gasteiger partial charge in [0.25, 0.3) is 5.91 Å². The summed E-state index contributed by atoms with van der Waals surface area (Å²) in [4.78, 5) is 10.8. The Morgan fingerprint density at radius 3 is 2.29 bits per heavy atom. The Labute approximate surface area is 125 Å². The molecule has 21 heavy (non-hydrogen) atoms. The highest BCUT2D eigenvalue weighted by atomic mass is 16.7. The molecule has 0 aliphatic carbocycles. The number of ether oxygens (including phenoxy) is 1. The van der Waals surface area contributed by atoms with Gasteiger partial charge in [0.05, 0.1) is 11.2 Å². The summed E-state index contributed by atoms with van der Waals surface area (Å²) in [5.41, 5.74) is 6.17. The minimum Gasteiger partial charge on any atom is -0.484 e. The van der Waals surface area contributed by atoms with Crippen LogP contribution in [0, 0.1) is 6.92 Å². The zero-order valence-electron chi connectivity index (χ0n) is 13.2. The summed E-state index contributed by atoms with van der Waals surface area (Å²) in [5.74, 6) is 0.138. The van der Waals surface area contributed by atoms with Crippen LogP contribution in [0.4, 0.5) is 0 Å². The molecule has 0 unspecified atom stereocenters. The first kappa shape index (κ1) is 15.9. The van der Waals surface area contributed by atoms with Crippen molar-refractivity contribution in [2.75, 3.05) is 6.61 Å². The number of hydrogen-bond donors (Lipinski definition) is 1. The van der Waals surface area contributed by atoms with E-state index in [1.807, 2.05) is 46.8 Å². The normalized spacial score (nSPS) is 19.6. The van der Waals surface area contributed by atoms with Gasteiger partial charge in [0, 0.05) is 0 Å². The van der Waals surface area contributed by atoms with Crippen LogP contribution in [0.5, 0.6) is 5.75 Å². The van der Waals surface area contributed by atoms with Crippen LogP contribution in [0.15, 0.2) is 18.2 Å². The lowest BCUT2D eigenvalue weighted by atomic mass is 9.78. The molecule has 1 amide bonds. The Morgan fingerprint density at radius 1 is 1.24 bits per heavy atom. The van der Waals surface area contributed by atoms with Crippen molar-refractivity contribution in [3.05, 3.63) is 23.8 Å². The summed E-state index contributed by atoms with van der Waals surface area (Å²) in [6.07, 6.45) is 0. The number of carbonyl (C=O) groups is 1. The van der Waals surface area contributed by atoms with Crippen LogP contribution >= 0.6 is 0 Å². The van der Waals surface area contributed by atoms with E-state index < -0.39 is 13.0 Å². The maximum absolute atomic E-state index is 10.8. The van der Waals surface area contributed by atoms with E-state index in [9.17, 15) is 4.79 Å². The summed E-state index contributed by atoms with van der Waals surface area (Å²) >= 11 is 0.